The minimum absolute atomic E-state index is 0.158. The van der Waals surface area contributed by atoms with Crippen molar-refractivity contribution >= 4 is 39.8 Å². The van der Waals surface area contributed by atoms with Crippen LogP contribution in [-0.4, -0.2) is 18.9 Å². The first-order valence-corrected chi connectivity index (χ1v) is 12.6. The van der Waals surface area contributed by atoms with Crippen molar-refractivity contribution in [2.75, 3.05) is 12.4 Å². The summed E-state index contributed by atoms with van der Waals surface area (Å²) in [7, 11) is 1.54. The van der Waals surface area contributed by atoms with Gasteiger partial charge in [-0.2, -0.15) is 0 Å². The molecule has 1 heterocycles. The number of esters is 1. The number of hydrogen-bond acceptors (Lipinski definition) is 5. The third kappa shape index (κ3) is 4.05. The number of anilines is 1. The third-order valence-electron chi connectivity index (χ3n) is 7.11. The molecule has 4 aromatic carbocycles. The van der Waals surface area contributed by atoms with E-state index in [4.69, 9.17) is 21.1 Å². The number of hydrogen-bond donors (Lipinski definition) is 1. The number of rotatable bonds is 4. The maximum absolute atomic E-state index is 13.3. The van der Waals surface area contributed by atoms with Crippen LogP contribution in [0.4, 0.5) is 5.69 Å². The van der Waals surface area contributed by atoms with E-state index in [1.165, 1.54) is 7.11 Å². The van der Waals surface area contributed by atoms with Crippen molar-refractivity contribution in [2.24, 2.45) is 0 Å². The zero-order valence-electron chi connectivity index (χ0n) is 20.2. The van der Waals surface area contributed by atoms with Crippen LogP contribution in [0.1, 0.15) is 46.7 Å². The molecule has 1 N–H and O–H groups in total. The van der Waals surface area contributed by atoms with Gasteiger partial charge in [-0.15, -0.1) is 0 Å². The molecular weight excluding hydrogens is 486 g/mol. The Morgan fingerprint density at radius 3 is 2.59 bits per heavy atom. The Labute approximate surface area is 219 Å². The minimum Gasteiger partial charge on any atom is -0.493 e. The summed E-state index contributed by atoms with van der Waals surface area (Å²) < 4.78 is 11.3. The number of methoxy groups -OCH3 is 1. The summed E-state index contributed by atoms with van der Waals surface area (Å²) in [5.74, 6) is 0.0104. The van der Waals surface area contributed by atoms with E-state index in [-0.39, 0.29) is 23.0 Å². The van der Waals surface area contributed by atoms with Crippen molar-refractivity contribution in [1.82, 2.24) is 0 Å². The van der Waals surface area contributed by atoms with Gasteiger partial charge in [0.15, 0.2) is 17.3 Å². The lowest BCUT2D eigenvalue weighted by molar-refractivity contribution is -0.116. The van der Waals surface area contributed by atoms with Crippen molar-refractivity contribution in [1.29, 1.82) is 0 Å². The highest BCUT2D eigenvalue weighted by Gasteiger charge is 2.36. The Bertz CT molecular complexity index is 1610. The normalized spacial score (nSPS) is 16.6. The van der Waals surface area contributed by atoms with Crippen LogP contribution in [0, 0.1) is 0 Å². The number of Topliss-reactive ketones (excluding diaryl/α,β-unsaturated/α-hetero) is 1. The number of fused-ring (bicyclic) bond motifs is 3. The Hall–Kier alpha value is -4.09. The number of carbonyl (C=O) groups is 2. The summed E-state index contributed by atoms with van der Waals surface area (Å²) in [6, 6.07) is 24.6. The molecule has 0 aromatic heterocycles. The predicted octanol–water partition coefficient (Wildman–Crippen LogP) is 7.29. The maximum atomic E-state index is 13.3. The van der Waals surface area contributed by atoms with Crippen LogP contribution in [0.25, 0.3) is 10.8 Å². The molecule has 0 saturated carbocycles. The maximum Gasteiger partial charge on any atom is 0.345 e. The van der Waals surface area contributed by atoms with Crippen LogP contribution in [0.3, 0.4) is 0 Å². The van der Waals surface area contributed by atoms with Crippen LogP contribution in [-0.2, 0) is 4.79 Å². The van der Waals surface area contributed by atoms with Gasteiger partial charge >= 0.3 is 5.97 Å². The van der Waals surface area contributed by atoms with Crippen LogP contribution >= 0.6 is 11.6 Å². The summed E-state index contributed by atoms with van der Waals surface area (Å²) in [6.07, 6.45) is 2.19. The Kier molecular flexibility index (Phi) is 5.93. The molecule has 5 nitrogen and oxygen atoms in total. The molecule has 2 aliphatic rings. The van der Waals surface area contributed by atoms with Gasteiger partial charge in [0.2, 0.25) is 0 Å². The second kappa shape index (κ2) is 9.41. The van der Waals surface area contributed by atoms with E-state index in [2.05, 4.69) is 29.6 Å². The summed E-state index contributed by atoms with van der Waals surface area (Å²) in [5.41, 5.74) is 5.03. The molecule has 0 bridgehead atoms. The monoisotopic (exact) mass is 509 g/mol. The predicted molar refractivity (Wildman–Crippen MR) is 145 cm³/mol. The Balaban J connectivity index is 1.47. The molecule has 0 radical (unpaired) electrons. The summed E-state index contributed by atoms with van der Waals surface area (Å²) >= 11 is 6.18. The van der Waals surface area contributed by atoms with Crippen LogP contribution in [0.5, 0.6) is 11.5 Å². The molecule has 184 valence electrons. The summed E-state index contributed by atoms with van der Waals surface area (Å²) in [5, 5.41) is 6.07. The average Bonchev–Trinajstić information content (AvgIpc) is 2.92. The molecule has 1 aliphatic carbocycles. The number of allylic oxidation sites excluding steroid dienone is 2. The van der Waals surface area contributed by atoms with Gasteiger partial charge < -0.3 is 14.8 Å². The molecule has 1 atom stereocenters. The van der Waals surface area contributed by atoms with E-state index in [1.807, 2.05) is 24.3 Å². The zero-order chi connectivity index (χ0) is 25.5. The molecule has 1 aliphatic heterocycles. The lowest BCUT2D eigenvalue weighted by atomic mass is 9.74. The van der Waals surface area contributed by atoms with Gasteiger partial charge in [-0.05, 0) is 65.1 Å². The third-order valence-corrected chi connectivity index (χ3v) is 7.44. The van der Waals surface area contributed by atoms with Crippen molar-refractivity contribution in [2.45, 2.75) is 25.2 Å². The van der Waals surface area contributed by atoms with Crippen molar-refractivity contribution < 1.29 is 19.1 Å². The number of nitrogens with one attached hydrogen (secondary N) is 1. The van der Waals surface area contributed by atoms with Crippen molar-refractivity contribution in [3.05, 3.63) is 112 Å². The van der Waals surface area contributed by atoms with Gasteiger partial charge in [-0.1, -0.05) is 60.1 Å². The lowest BCUT2D eigenvalue weighted by Gasteiger charge is -2.35. The van der Waals surface area contributed by atoms with Gasteiger partial charge in [0.25, 0.3) is 0 Å². The van der Waals surface area contributed by atoms with E-state index in [0.717, 1.165) is 51.7 Å². The van der Waals surface area contributed by atoms with Crippen molar-refractivity contribution in [3.63, 3.8) is 0 Å². The molecule has 37 heavy (non-hydrogen) atoms. The van der Waals surface area contributed by atoms with Gasteiger partial charge in [0.1, 0.15) is 0 Å². The molecule has 0 amide bonds. The lowest BCUT2D eigenvalue weighted by Crippen LogP contribution is -2.27. The van der Waals surface area contributed by atoms with E-state index < -0.39 is 5.97 Å². The average molecular weight is 510 g/mol. The first kappa shape index (κ1) is 23.3. The van der Waals surface area contributed by atoms with Gasteiger partial charge in [-0.25, -0.2) is 4.79 Å². The highest BCUT2D eigenvalue weighted by atomic mass is 35.5. The smallest absolute Gasteiger partial charge is 0.345 e. The number of ether oxygens (including phenoxy) is 2. The molecule has 6 rings (SSSR count). The fourth-order valence-corrected chi connectivity index (χ4v) is 5.63. The van der Waals surface area contributed by atoms with Crippen LogP contribution in [0.15, 0.2) is 90.1 Å². The molecular formula is C31H24ClNO4. The first-order valence-electron chi connectivity index (χ1n) is 12.2. The summed E-state index contributed by atoms with van der Waals surface area (Å²) in [4.78, 5) is 26.1. The first-order chi connectivity index (χ1) is 18.0. The van der Waals surface area contributed by atoms with Crippen molar-refractivity contribution in [3.8, 4) is 11.5 Å². The molecule has 4 aromatic rings. The fraction of sp³-hybridized carbons (Fsp3) is 0.161. The number of carbonyl (C=O) groups excluding carboxylic acids is 2. The molecule has 0 saturated heterocycles. The highest BCUT2D eigenvalue weighted by Crippen LogP contribution is 2.49. The van der Waals surface area contributed by atoms with E-state index >= 15 is 0 Å². The standard InChI is InChI=1S/C31H24ClNO4/c1-36-27-17-19(14-16-26(27)37-31(35)21-9-4-5-10-22(21)32)28-29-20-8-3-2-7-18(20)13-15-24(29)33-23-11-6-12-25(34)30(23)28/h2-5,7-10,13-17,28,33H,6,11-12H2,1H3. The van der Waals surface area contributed by atoms with E-state index in [1.54, 1.807) is 30.3 Å². The van der Waals surface area contributed by atoms with Gasteiger partial charge in [0, 0.05) is 29.3 Å². The molecule has 0 fully saturated rings. The Morgan fingerprint density at radius 2 is 1.76 bits per heavy atom. The molecule has 0 spiro atoms. The van der Waals surface area contributed by atoms with E-state index in [0.29, 0.717) is 17.2 Å². The fourth-order valence-electron chi connectivity index (χ4n) is 5.41. The van der Waals surface area contributed by atoms with Gasteiger partial charge in [0.05, 0.1) is 17.7 Å². The largest absolute Gasteiger partial charge is 0.493 e. The minimum atomic E-state index is -0.567. The number of benzene rings is 4. The second-order valence-corrected chi connectivity index (χ2v) is 9.66. The van der Waals surface area contributed by atoms with Crippen LogP contribution < -0.4 is 14.8 Å². The highest BCUT2D eigenvalue weighted by molar-refractivity contribution is 6.33. The van der Waals surface area contributed by atoms with Crippen LogP contribution in [0.2, 0.25) is 5.02 Å². The quantitative estimate of drug-likeness (QED) is 0.231. The molecule has 1 unspecified atom stereocenters. The zero-order valence-corrected chi connectivity index (χ0v) is 21.0. The second-order valence-electron chi connectivity index (χ2n) is 9.25. The Morgan fingerprint density at radius 1 is 0.946 bits per heavy atom. The molecule has 6 heteroatoms. The van der Waals surface area contributed by atoms with Gasteiger partial charge in [-0.3, -0.25) is 4.79 Å². The number of halogens is 1. The topological polar surface area (TPSA) is 64.6 Å². The summed E-state index contributed by atoms with van der Waals surface area (Å²) in [6.45, 7) is 0. The number of ketones is 1. The van der Waals surface area contributed by atoms with E-state index in [9.17, 15) is 9.59 Å². The SMILES string of the molecule is COc1cc(C2C3=C(CCCC3=O)Nc3ccc4ccccc4c32)ccc1OC(=O)c1ccccc1Cl.